The van der Waals surface area contributed by atoms with Gasteiger partial charge < -0.3 is 14.5 Å². The third-order valence-corrected chi connectivity index (χ3v) is 12.6. The first-order valence-electron chi connectivity index (χ1n) is 21.7. The number of hydrogen-bond donors (Lipinski definition) is 0. The van der Waals surface area contributed by atoms with E-state index in [4.69, 9.17) is 4.74 Å². The maximum absolute atomic E-state index is 6.96. The summed E-state index contributed by atoms with van der Waals surface area (Å²) in [5, 5.41) is 9.73. The molecule has 11 aromatic carbocycles. The molecular weight excluding hydrogens is 765 g/mol. The molecule has 1 heterocycles. The first kappa shape index (κ1) is 36.7. The summed E-state index contributed by atoms with van der Waals surface area (Å²) in [6.07, 6.45) is 0. The summed E-state index contributed by atoms with van der Waals surface area (Å²) in [6.45, 7) is 4.37. The number of nitrogens with zero attached hydrogens (tertiary/aromatic N) is 2. The molecule has 0 N–H and O–H groups in total. The van der Waals surface area contributed by atoms with Crippen LogP contribution in [0.15, 0.2) is 218 Å². The number of hydrogen-bond acceptors (Lipinski definition) is 3. The summed E-state index contributed by atoms with van der Waals surface area (Å²) in [4.78, 5) is 4.61. The van der Waals surface area contributed by atoms with Crippen molar-refractivity contribution in [1.82, 2.24) is 0 Å². The molecule has 0 spiro atoms. The predicted molar refractivity (Wildman–Crippen MR) is 266 cm³/mol. The molecule has 11 aromatic rings. The highest BCUT2D eigenvalue weighted by Gasteiger charge is 2.25. The Bertz CT molecular complexity index is 3470. The molecule has 0 aliphatic carbocycles. The lowest BCUT2D eigenvalue weighted by Crippen LogP contribution is -2.10. The SMILES string of the molecule is Cc1ccc2c(-c3ccc4cc(N(c5ccccc5)c5ccccc5)ccc4c3)cc3c4cc(C)cc5c4c(cc3c2c1)-c1ccc(N(c2ccccc2)c2ccccc2)cc1O5. The monoisotopic (exact) mass is 806 g/mol. The lowest BCUT2D eigenvalue weighted by atomic mass is 9.85. The molecule has 63 heavy (non-hydrogen) atoms. The second kappa shape index (κ2) is 14.8. The van der Waals surface area contributed by atoms with Crippen molar-refractivity contribution in [2.75, 3.05) is 9.80 Å². The van der Waals surface area contributed by atoms with Crippen LogP contribution in [0.25, 0.3) is 65.3 Å². The van der Waals surface area contributed by atoms with Crippen LogP contribution in [-0.4, -0.2) is 0 Å². The molecule has 3 nitrogen and oxygen atoms in total. The van der Waals surface area contributed by atoms with Gasteiger partial charge in [-0.3, -0.25) is 0 Å². The molecule has 0 bridgehead atoms. The maximum Gasteiger partial charge on any atom is 0.137 e. The molecule has 12 rings (SSSR count). The van der Waals surface area contributed by atoms with E-state index in [9.17, 15) is 0 Å². The lowest BCUT2D eigenvalue weighted by Gasteiger charge is -2.28. The van der Waals surface area contributed by atoms with Gasteiger partial charge in [0.1, 0.15) is 11.5 Å². The van der Waals surface area contributed by atoms with Crippen LogP contribution < -0.4 is 14.5 Å². The van der Waals surface area contributed by atoms with Crippen molar-refractivity contribution in [3.05, 3.63) is 230 Å². The fourth-order valence-electron chi connectivity index (χ4n) is 9.75. The highest BCUT2D eigenvalue weighted by molar-refractivity contribution is 6.25. The molecular formula is C60H42N2O. The van der Waals surface area contributed by atoms with E-state index in [-0.39, 0.29) is 0 Å². The summed E-state index contributed by atoms with van der Waals surface area (Å²) in [7, 11) is 0. The molecule has 3 heteroatoms. The molecule has 0 amide bonds. The number of benzene rings is 11. The van der Waals surface area contributed by atoms with Crippen molar-refractivity contribution in [3.8, 4) is 33.8 Å². The molecule has 0 unspecified atom stereocenters. The van der Waals surface area contributed by atoms with Gasteiger partial charge in [-0.2, -0.15) is 0 Å². The van der Waals surface area contributed by atoms with E-state index in [1.54, 1.807) is 0 Å². The number of aryl methyl sites for hydroxylation is 2. The van der Waals surface area contributed by atoms with Crippen LogP contribution in [0, 0.1) is 13.8 Å². The molecule has 1 aliphatic rings. The van der Waals surface area contributed by atoms with Gasteiger partial charge in [0.2, 0.25) is 0 Å². The zero-order chi connectivity index (χ0) is 42.0. The number of para-hydroxylation sites is 4. The molecule has 1 aliphatic heterocycles. The summed E-state index contributed by atoms with van der Waals surface area (Å²) in [6, 6.07) is 79.0. The second-order valence-electron chi connectivity index (χ2n) is 16.7. The Hall–Kier alpha value is -8.14. The van der Waals surface area contributed by atoms with Gasteiger partial charge in [0, 0.05) is 51.1 Å². The van der Waals surface area contributed by atoms with E-state index < -0.39 is 0 Å². The summed E-state index contributed by atoms with van der Waals surface area (Å²) in [5.41, 5.74) is 13.7. The highest BCUT2D eigenvalue weighted by Crippen LogP contribution is 2.52. The fraction of sp³-hybridized carbons (Fsp3) is 0.0333. The summed E-state index contributed by atoms with van der Waals surface area (Å²) in [5.74, 6) is 1.75. The average Bonchev–Trinajstić information content (AvgIpc) is 3.32. The van der Waals surface area contributed by atoms with Crippen LogP contribution in [0.5, 0.6) is 11.5 Å². The van der Waals surface area contributed by atoms with Gasteiger partial charge in [-0.1, -0.05) is 121 Å². The fourth-order valence-corrected chi connectivity index (χ4v) is 9.75. The highest BCUT2D eigenvalue weighted by atomic mass is 16.5. The quantitative estimate of drug-likeness (QED) is 0.149. The van der Waals surface area contributed by atoms with Crippen LogP contribution in [0.3, 0.4) is 0 Å². The minimum Gasteiger partial charge on any atom is -0.456 e. The molecule has 0 fully saturated rings. The van der Waals surface area contributed by atoms with E-state index in [2.05, 4.69) is 242 Å². The van der Waals surface area contributed by atoms with Crippen LogP contribution in [0.2, 0.25) is 0 Å². The van der Waals surface area contributed by atoms with Crippen molar-refractivity contribution in [1.29, 1.82) is 0 Å². The van der Waals surface area contributed by atoms with Crippen LogP contribution in [-0.2, 0) is 0 Å². The minimum absolute atomic E-state index is 0.857. The van der Waals surface area contributed by atoms with E-state index in [1.807, 2.05) is 0 Å². The zero-order valence-electron chi connectivity index (χ0n) is 35.1. The third-order valence-electron chi connectivity index (χ3n) is 12.6. The molecule has 298 valence electrons. The van der Waals surface area contributed by atoms with Gasteiger partial charge in [-0.25, -0.2) is 0 Å². The first-order valence-corrected chi connectivity index (χ1v) is 21.7. The summed E-state index contributed by atoms with van der Waals surface area (Å²) < 4.78 is 6.96. The number of fused-ring (bicyclic) bond motifs is 7. The largest absolute Gasteiger partial charge is 0.456 e. The van der Waals surface area contributed by atoms with Crippen molar-refractivity contribution in [2.45, 2.75) is 13.8 Å². The Kier molecular flexibility index (Phi) is 8.62. The number of ether oxygens (including phenoxy) is 1. The Labute approximate surface area is 367 Å². The zero-order valence-corrected chi connectivity index (χ0v) is 35.1. The molecule has 0 radical (unpaired) electrons. The standard InChI is InChI=1S/C60H42N2O/c1-39-23-29-50-52(43-25-24-42-35-48(27-26-41(42)34-43)61(44-15-7-3-8-16-44)45-17-9-4-10-18-45)37-55-54(53(50)31-39)38-57-51-30-28-49(36-58(51)63-59-33-40(2)32-56(55)60(57)59)62(46-19-11-5-12-20-46)47-21-13-6-14-22-47/h3-38H,1-2H3. The van der Waals surface area contributed by atoms with Crippen molar-refractivity contribution in [3.63, 3.8) is 0 Å². The Morgan fingerprint density at radius 2 is 0.810 bits per heavy atom. The van der Waals surface area contributed by atoms with E-state index in [1.165, 1.54) is 65.5 Å². The van der Waals surface area contributed by atoms with Crippen molar-refractivity contribution >= 4 is 77.2 Å². The average molecular weight is 807 g/mol. The van der Waals surface area contributed by atoms with Gasteiger partial charge in [0.15, 0.2) is 0 Å². The molecule has 0 atom stereocenters. The topological polar surface area (TPSA) is 15.7 Å². The van der Waals surface area contributed by atoms with Crippen molar-refractivity contribution < 1.29 is 4.74 Å². The summed E-state index contributed by atoms with van der Waals surface area (Å²) >= 11 is 0. The van der Waals surface area contributed by atoms with Gasteiger partial charge in [0.05, 0.1) is 0 Å². The van der Waals surface area contributed by atoms with Crippen LogP contribution >= 0.6 is 0 Å². The molecule has 0 saturated carbocycles. The van der Waals surface area contributed by atoms with Crippen LogP contribution in [0.1, 0.15) is 11.1 Å². The van der Waals surface area contributed by atoms with Gasteiger partial charge in [-0.15, -0.1) is 0 Å². The van der Waals surface area contributed by atoms with Crippen LogP contribution in [0.4, 0.5) is 34.1 Å². The molecule has 0 aromatic heterocycles. The van der Waals surface area contributed by atoms with Crippen molar-refractivity contribution in [2.24, 2.45) is 0 Å². The lowest BCUT2D eigenvalue weighted by molar-refractivity contribution is 0.487. The number of anilines is 6. The third kappa shape index (κ3) is 6.28. The van der Waals surface area contributed by atoms with Gasteiger partial charge in [-0.05, 0) is 171 Å². The smallest absolute Gasteiger partial charge is 0.137 e. The van der Waals surface area contributed by atoms with E-state index in [0.29, 0.717) is 0 Å². The van der Waals surface area contributed by atoms with E-state index in [0.717, 1.165) is 56.6 Å². The Balaban J connectivity index is 1.01. The minimum atomic E-state index is 0.857. The van der Waals surface area contributed by atoms with Gasteiger partial charge in [0.25, 0.3) is 0 Å². The maximum atomic E-state index is 6.96. The normalized spacial score (nSPS) is 11.8. The van der Waals surface area contributed by atoms with Gasteiger partial charge >= 0.3 is 0 Å². The second-order valence-corrected chi connectivity index (χ2v) is 16.7. The Morgan fingerprint density at radius 1 is 0.302 bits per heavy atom. The number of rotatable bonds is 7. The predicted octanol–water partition coefficient (Wildman–Crippen LogP) is 17.3. The first-order chi connectivity index (χ1) is 31.0. The molecule has 0 saturated heterocycles. The Morgan fingerprint density at radius 3 is 1.44 bits per heavy atom. The van der Waals surface area contributed by atoms with E-state index >= 15 is 0 Å².